The zero-order valence-corrected chi connectivity index (χ0v) is 11.6. The molecule has 0 radical (unpaired) electrons. The van der Waals surface area contributed by atoms with Gasteiger partial charge in [0, 0.05) is 0 Å². The maximum Gasteiger partial charge on any atom is 0.466 e. The standard InChI is InChI=1S/C6H14O6.3H3N.H3O4P/c7-1-3(9)5(11)6(12)4(10)2-8;;;;1-5(2,3)4/h3-12H,1-2H2;3*1H3;(H3,1,2,3,4)/t3-,4-,5-,6-;;;;/m1..../s1. The van der Waals surface area contributed by atoms with Crippen LogP contribution in [0.4, 0.5) is 0 Å². The van der Waals surface area contributed by atoms with Gasteiger partial charge in [-0.25, -0.2) is 4.57 Å². The van der Waals surface area contributed by atoms with Gasteiger partial charge in [-0.05, 0) is 0 Å². The van der Waals surface area contributed by atoms with Gasteiger partial charge in [0.15, 0.2) is 0 Å². The summed E-state index contributed by atoms with van der Waals surface area (Å²) in [7, 11) is -4.64. The minimum atomic E-state index is -4.64. The van der Waals surface area contributed by atoms with Gasteiger partial charge < -0.3 is 63.8 Å². The van der Waals surface area contributed by atoms with Crippen LogP contribution in [0.1, 0.15) is 0 Å². The molecule has 0 aliphatic carbocycles. The fourth-order valence-corrected chi connectivity index (χ4v) is 0.671. The van der Waals surface area contributed by atoms with Gasteiger partial charge in [-0.15, -0.1) is 0 Å². The molecule has 0 fully saturated rings. The topological polar surface area (TPSA) is 304 Å². The van der Waals surface area contributed by atoms with E-state index in [9.17, 15) is 0 Å². The number of aliphatic hydroxyl groups is 6. The Hall–Kier alpha value is -0.250. The van der Waals surface area contributed by atoms with Crippen LogP contribution >= 0.6 is 7.82 Å². The van der Waals surface area contributed by atoms with Crippen molar-refractivity contribution >= 4 is 7.82 Å². The van der Waals surface area contributed by atoms with Crippen molar-refractivity contribution in [3.63, 3.8) is 0 Å². The molecule has 0 unspecified atom stereocenters. The number of aliphatic hydroxyl groups excluding tert-OH is 6. The van der Waals surface area contributed by atoms with Crippen molar-refractivity contribution in [2.75, 3.05) is 13.2 Å². The normalized spacial score (nSPS) is 15.8. The molecule has 20 heavy (non-hydrogen) atoms. The summed E-state index contributed by atoms with van der Waals surface area (Å²) in [5.74, 6) is 0. The summed E-state index contributed by atoms with van der Waals surface area (Å²) in [6.07, 6.45) is -6.39. The van der Waals surface area contributed by atoms with Crippen molar-refractivity contribution < 1.29 is 49.9 Å². The summed E-state index contributed by atoms with van der Waals surface area (Å²) in [6, 6.07) is 0. The second kappa shape index (κ2) is 15.1. The first-order valence-corrected chi connectivity index (χ1v) is 5.83. The van der Waals surface area contributed by atoms with Crippen molar-refractivity contribution in [1.29, 1.82) is 0 Å². The summed E-state index contributed by atoms with van der Waals surface area (Å²) in [6.45, 7) is -1.45. The minimum Gasteiger partial charge on any atom is -0.394 e. The quantitative estimate of drug-likeness (QED) is 0.214. The zero-order valence-electron chi connectivity index (χ0n) is 10.7. The Labute approximate surface area is 115 Å². The molecule has 0 aromatic heterocycles. The summed E-state index contributed by atoms with van der Waals surface area (Å²) in [5, 5.41) is 52.2. The van der Waals surface area contributed by atoms with Gasteiger partial charge in [-0.3, -0.25) is 0 Å². The molecule has 13 nitrogen and oxygen atoms in total. The van der Waals surface area contributed by atoms with E-state index in [0.29, 0.717) is 0 Å². The fourth-order valence-electron chi connectivity index (χ4n) is 0.671. The molecule has 0 rings (SSSR count). The maximum atomic E-state index is 8.96. The molecule has 0 saturated heterocycles. The predicted octanol–water partition coefficient (Wildman–Crippen LogP) is -4.03. The first kappa shape index (κ1) is 31.9. The molecule has 130 valence electrons. The van der Waals surface area contributed by atoms with E-state index in [2.05, 4.69) is 0 Å². The van der Waals surface area contributed by atoms with Crippen LogP contribution in [0.5, 0.6) is 0 Å². The van der Waals surface area contributed by atoms with E-state index in [1.54, 1.807) is 0 Å². The van der Waals surface area contributed by atoms with Gasteiger partial charge in [0.25, 0.3) is 0 Å². The summed E-state index contributed by atoms with van der Waals surface area (Å²) in [4.78, 5) is 21.6. The second-order valence-electron chi connectivity index (χ2n) is 2.99. The van der Waals surface area contributed by atoms with Gasteiger partial charge >= 0.3 is 7.82 Å². The molecule has 0 aromatic carbocycles. The highest BCUT2D eigenvalue weighted by Crippen LogP contribution is 2.25. The molecule has 4 atom stereocenters. The average molecular weight is 331 g/mol. The van der Waals surface area contributed by atoms with Gasteiger partial charge in [0.1, 0.15) is 24.4 Å². The van der Waals surface area contributed by atoms with E-state index in [0.717, 1.165) is 0 Å². The predicted molar refractivity (Wildman–Crippen MR) is 67.5 cm³/mol. The molecule has 0 heterocycles. The first-order chi connectivity index (χ1) is 7.54. The van der Waals surface area contributed by atoms with Crippen LogP contribution in [0.2, 0.25) is 0 Å². The van der Waals surface area contributed by atoms with Crippen LogP contribution in [-0.2, 0) is 4.57 Å². The van der Waals surface area contributed by atoms with Crippen LogP contribution in [0.25, 0.3) is 0 Å². The van der Waals surface area contributed by atoms with Crippen LogP contribution in [-0.4, -0.2) is 82.9 Å². The molecule has 0 bridgehead atoms. The number of phosphoric acid groups is 1. The van der Waals surface area contributed by atoms with Gasteiger partial charge in [0.05, 0.1) is 13.2 Å². The Morgan fingerprint density at radius 2 is 0.850 bits per heavy atom. The average Bonchev–Trinajstić information content (AvgIpc) is 2.22. The lowest BCUT2D eigenvalue weighted by Gasteiger charge is -2.24. The fraction of sp³-hybridized carbons (Fsp3) is 1.00. The van der Waals surface area contributed by atoms with E-state index >= 15 is 0 Å². The van der Waals surface area contributed by atoms with E-state index < -0.39 is 45.5 Å². The largest absolute Gasteiger partial charge is 0.466 e. The molecule has 0 aliphatic heterocycles. The van der Waals surface area contributed by atoms with E-state index in [1.807, 2.05) is 0 Å². The summed E-state index contributed by atoms with van der Waals surface area (Å²) in [5.41, 5.74) is 0. The lowest BCUT2D eigenvalue weighted by molar-refractivity contribution is -0.123. The van der Waals surface area contributed by atoms with Crippen LogP contribution < -0.4 is 18.5 Å². The third-order valence-corrected chi connectivity index (χ3v) is 1.51. The number of rotatable bonds is 5. The Morgan fingerprint density at radius 3 is 0.950 bits per heavy atom. The van der Waals surface area contributed by atoms with Gasteiger partial charge in [-0.2, -0.15) is 0 Å². The highest BCUT2D eigenvalue weighted by Gasteiger charge is 2.29. The Morgan fingerprint density at radius 1 is 0.700 bits per heavy atom. The van der Waals surface area contributed by atoms with Gasteiger partial charge in [-0.1, -0.05) is 0 Å². The highest BCUT2D eigenvalue weighted by molar-refractivity contribution is 7.45. The molecule has 0 saturated carbocycles. The zero-order chi connectivity index (χ0) is 14.2. The monoisotopic (exact) mass is 331 g/mol. The lowest BCUT2D eigenvalue weighted by atomic mass is 10.0. The first-order valence-electron chi connectivity index (χ1n) is 4.26. The molecule has 0 aromatic rings. The SMILES string of the molecule is N.N.N.O=P(O)(O)O.OC[C@@H](O)[C@@H](O)[C@H](O)[C@H](O)CO. The Bertz CT molecular complexity index is 219. The van der Waals surface area contributed by atoms with Crippen molar-refractivity contribution in [1.82, 2.24) is 18.5 Å². The van der Waals surface area contributed by atoms with Crippen LogP contribution in [0.3, 0.4) is 0 Å². The van der Waals surface area contributed by atoms with Crippen molar-refractivity contribution in [3.8, 4) is 0 Å². The van der Waals surface area contributed by atoms with E-state index in [1.165, 1.54) is 0 Å². The van der Waals surface area contributed by atoms with Crippen molar-refractivity contribution in [2.45, 2.75) is 24.4 Å². The van der Waals surface area contributed by atoms with Crippen molar-refractivity contribution in [2.24, 2.45) is 0 Å². The summed E-state index contributed by atoms with van der Waals surface area (Å²) >= 11 is 0. The molecule has 14 heteroatoms. The summed E-state index contributed by atoms with van der Waals surface area (Å²) < 4.78 is 8.88. The van der Waals surface area contributed by atoms with Gasteiger partial charge in [0.2, 0.25) is 0 Å². The smallest absolute Gasteiger partial charge is 0.394 e. The number of hydrogen-bond donors (Lipinski definition) is 12. The van der Waals surface area contributed by atoms with Crippen molar-refractivity contribution in [3.05, 3.63) is 0 Å². The van der Waals surface area contributed by atoms with Crippen LogP contribution in [0, 0.1) is 0 Å². The lowest BCUT2D eigenvalue weighted by Crippen LogP contribution is -2.46. The third-order valence-electron chi connectivity index (χ3n) is 1.51. The highest BCUT2D eigenvalue weighted by atomic mass is 31.2. The molecular formula is C6H26N3O10P. The maximum absolute atomic E-state index is 8.96. The second-order valence-corrected chi connectivity index (χ2v) is 4.02. The van der Waals surface area contributed by atoms with E-state index in [4.69, 9.17) is 49.9 Å². The number of hydrogen-bond acceptors (Lipinski definition) is 10. The molecular weight excluding hydrogens is 305 g/mol. The molecule has 0 amide bonds. The molecule has 0 aliphatic rings. The third kappa shape index (κ3) is 20.1. The Kier molecular flexibility index (Phi) is 24.2. The molecule has 0 spiro atoms. The van der Waals surface area contributed by atoms with Crippen LogP contribution in [0.15, 0.2) is 0 Å². The molecule has 18 N–H and O–H groups in total. The van der Waals surface area contributed by atoms with E-state index in [-0.39, 0.29) is 18.5 Å². The minimum absolute atomic E-state index is 0. The Balaban J connectivity index is -0.0000000821.